The lowest BCUT2D eigenvalue weighted by molar-refractivity contribution is 0.144. The maximum absolute atomic E-state index is 12.6. The van der Waals surface area contributed by atoms with Crippen LogP contribution in [-0.2, 0) is 6.54 Å². The second-order valence-corrected chi connectivity index (χ2v) is 8.37. The van der Waals surface area contributed by atoms with Crippen molar-refractivity contribution in [1.82, 2.24) is 24.9 Å². The fourth-order valence-corrected chi connectivity index (χ4v) is 4.27. The van der Waals surface area contributed by atoms with Gasteiger partial charge < -0.3 is 20.0 Å². The molecule has 0 bridgehead atoms. The molecular weight excluding hydrogens is 350 g/mol. The summed E-state index contributed by atoms with van der Waals surface area (Å²) in [5.41, 5.74) is 1.35. The Labute approximate surface area is 170 Å². The SMILES string of the molecule is CN(C)C1CCN(CCNC(=O)N2CCCN(Cc3ccccc3)CC2)CC1. The molecule has 3 rings (SSSR count). The molecule has 156 valence electrons. The van der Waals surface area contributed by atoms with Crippen LogP contribution in [0.2, 0.25) is 0 Å². The van der Waals surface area contributed by atoms with Crippen molar-refractivity contribution >= 4 is 6.03 Å². The lowest BCUT2D eigenvalue weighted by Crippen LogP contribution is -2.47. The second kappa shape index (κ2) is 10.8. The number of carbonyl (C=O) groups is 1. The molecule has 2 amide bonds. The minimum Gasteiger partial charge on any atom is -0.337 e. The van der Waals surface area contributed by atoms with Crippen LogP contribution in [0.15, 0.2) is 30.3 Å². The molecule has 1 aromatic carbocycles. The smallest absolute Gasteiger partial charge is 0.317 e. The van der Waals surface area contributed by atoms with Crippen LogP contribution in [0.25, 0.3) is 0 Å². The molecular formula is C22H37N5O. The second-order valence-electron chi connectivity index (χ2n) is 8.37. The van der Waals surface area contributed by atoms with Crippen LogP contribution in [-0.4, -0.2) is 98.1 Å². The molecule has 0 unspecified atom stereocenters. The molecule has 0 radical (unpaired) electrons. The van der Waals surface area contributed by atoms with E-state index in [0.717, 1.165) is 65.3 Å². The van der Waals surface area contributed by atoms with Crippen molar-refractivity contribution in [2.45, 2.75) is 31.8 Å². The van der Waals surface area contributed by atoms with Crippen molar-refractivity contribution in [3.8, 4) is 0 Å². The fourth-order valence-electron chi connectivity index (χ4n) is 4.27. The number of amides is 2. The molecule has 2 aliphatic heterocycles. The number of hydrogen-bond donors (Lipinski definition) is 1. The minimum absolute atomic E-state index is 0.102. The number of rotatable bonds is 6. The highest BCUT2D eigenvalue weighted by Gasteiger charge is 2.21. The summed E-state index contributed by atoms with van der Waals surface area (Å²) in [7, 11) is 4.34. The summed E-state index contributed by atoms with van der Waals surface area (Å²) in [5.74, 6) is 0. The third-order valence-corrected chi connectivity index (χ3v) is 6.12. The summed E-state index contributed by atoms with van der Waals surface area (Å²) in [6.45, 7) is 8.61. The molecule has 28 heavy (non-hydrogen) atoms. The highest BCUT2D eigenvalue weighted by atomic mass is 16.2. The van der Waals surface area contributed by atoms with Crippen molar-refractivity contribution in [3.05, 3.63) is 35.9 Å². The monoisotopic (exact) mass is 387 g/mol. The molecule has 0 saturated carbocycles. The van der Waals surface area contributed by atoms with Gasteiger partial charge in [0.1, 0.15) is 0 Å². The highest BCUT2D eigenvalue weighted by Crippen LogP contribution is 2.13. The molecule has 2 aliphatic rings. The Balaban J connectivity index is 1.34. The number of urea groups is 1. The van der Waals surface area contributed by atoms with Crippen LogP contribution in [0.1, 0.15) is 24.8 Å². The number of benzene rings is 1. The van der Waals surface area contributed by atoms with E-state index in [1.165, 1.54) is 18.4 Å². The molecule has 6 nitrogen and oxygen atoms in total. The number of piperidine rings is 1. The zero-order valence-electron chi connectivity index (χ0n) is 17.6. The van der Waals surface area contributed by atoms with E-state index in [1.54, 1.807) is 0 Å². The van der Waals surface area contributed by atoms with E-state index in [2.05, 4.69) is 64.4 Å². The van der Waals surface area contributed by atoms with Crippen LogP contribution in [0.5, 0.6) is 0 Å². The Kier molecular flexibility index (Phi) is 8.13. The van der Waals surface area contributed by atoms with Crippen molar-refractivity contribution in [2.75, 3.05) is 66.5 Å². The van der Waals surface area contributed by atoms with Gasteiger partial charge in [0, 0.05) is 51.9 Å². The Hall–Kier alpha value is -1.63. The molecule has 0 spiro atoms. The Morgan fingerprint density at radius 2 is 1.75 bits per heavy atom. The van der Waals surface area contributed by atoms with Gasteiger partial charge in [-0.05, 0) is 52.0 Å². The Morgan fingerprint density at radius 3 is 2.46 bits per heavy atom. The average Bonchev–Trinajstić information content (AvgIpc) is 2.95. The van der Waals surface area contributed by atoms with E-state index < -0.39 is 0 Å². The van der Waals surface area contributed by atoms with Crippen molar-refractivity contribution in [3.63, 3.8) is 0 Å². The summed E-state index contributed by atoms with van der Waals surface area (Å²) in [6.07, 6.45) is 3.49. The van der Waals surface area contributed by atoms with E-state index >= 15 is 0 Å². The van der Waals surface area contributed by atoms with Gasteiger partial charge in [0.05, 0.1) is 0 Å². The van der Waals surface area contributed by atoms with Gasteiger partial charge >= 0.3 is 6.03 Å². The third-order valence-electron chi connectivity index (χ3n) is 6.12. The van der Waals surface area contributed by atoms with Crippen LogP contribution >= 0.6 is 0 Å². The van der Waals surface area contributed by atoms with Gasteiger partial charge in [-0.25, -0.2) is 4.79 Å². The van der Waals surface area contributed by atoms with Crippen LogP contribution < -0.4 is 5.32 Å². The average molecular weight is 388 g/mol. The number of nitrogens with zero attached hydrogens (tertiary/aromatic N) is 4. The fraction of sp³-hybridized carbons (Fsp3) is 0.682. The van der Waals surface area contributed by atoms with Crippen molar-refractivity contribution in [1.29, 1.82) is 0 Å². The maximum Gasteiger partial charge on any atom is 0.317 e. The van der Waals surface area contributed by atoms with Gasteiger partial charge in [0.15, 0.2) is 0 Å². The largest absolute Gasteiger partial charge is 0.337 e. The topological polar surface area (TPSA) is 42.1 Å². The van der Waals surface area contributed by atoms with Gasteiger partial charge in [-0.2, -0.15) is 0 Å². The summed E-state index contributed by atoms with van der Waals surface area (Å²) < 4.78 is 0. The number of carbonyl (C=O) groups excluding carboxylic acids is 1. The predicted octanol–water partition coefficient (Wildman–Crippen LogP) is 1.93. The molecule has 0 aromatic heterocycles. The maximum atomic E-state index is 12.6. The standard InChI is InChI=1S/C22H37N5O/c1-24(2)21-9-14-25(15-10-21)16-11-23-22(28)27-13-6-12-26(17-18-27)19-20-7-4-3-5-8-20/h3-5,7-8,21H,6,9-19H2,1-2H3,(H,23,28). The Bertz CT molecular complexity index is 586. The molecule has 6 heteroatoms. The van der Waals surface area contributed by atoms with E-state index in [9.17, 15) is 4.79 Å². The first-order chi connectivity index (χ1) is 13.6. The molecule has 1 N–H and O–H groups in total. The normalized spacial score (nSPS) is 20.3. The zero-order chi connectivity index (χ0) is 19.8. The lowest BCUT2D eigenvalue weighted by Gasteiger charge is -2.35. The van der Waals surface area contributed by atoms with Gasteiger partial charge in [-0.1, -0.05) is 30.3 Å². The highest BCUT2D eigenvalue weighted by molar-refractivity contribution is 5.74. The van der Waals surface area contributed by atoms with Gasteiger partial charge in [-0.3, -0.25) is 4.90 Å². The molecule has 2 saturated heterocycles. The van der Waals surface area contributed by atoms with Crippen LogP contribution in [0.3, 0.4) is 0 Å². The quantitative estimate of drug-likeness (QED) is 0.810. The number of hydrogen-bond acceptors (Lipinski definition) is 4. The van der Waals surface area contributed by atoms with E-state index in [4.69, 9.17) is 0 Å². The predicted molar refractivity (Wildman–Crippen MR) is 114 cm³/mol. The number of likely N-dealkylation sites (tertiary alicyclic amines) is 1. The molecule has 0 atom stereocenters. The first-order valence-corrected chi connectivity index (χ1v) is 10.8. The molecule has 1 aromatic rings. The zero-order valence-corrected chi connectivity index (χ0v) is 17.6. The van der Waals surface area contributed by atoms with Crippen LogP contribution in [0, 0.1) is 0 Å². The molecule has 2 heterocycles. The van der Waals surface area contributed by atoms with Crippen LogP contribution in [0.4, 0.5) is 4.79 Å². The van der Waals surface area contributed by atoms with E-state index in [1.807, 2.05) is 4.90 Å². The lowest BCUT2D eigenvalue weighted by atomic mass is 10.0. The molecule has 0 aliphatic carbocycles. The third kappa shape index (κ3) is 6.47. The van der Waals surface area contributed by atoms with Gasteiger partial charge in [-0.15, -0.1) is 0 Å². The van der Waals surface area contributed by atoms with Gasteiger partial charge in [0.25, 0.3) is 0 Å². The minimum atomic E-state index is 0.102. The summed E-state index contributed by atoms with van der Waals surface area (Å²) in [4.78, 5) is 21.8. The summed E-state index contributed by atoms with van der Waals surface area (Å²) in [5, 5.41) is 3.14. The van der Waals surface area contributed by atoms with E-state index in [0.29, 0.717) is 6.04 Å². The van der Waals surface area contributed by atoms with Crippen molar-refractivity contribution in [2.24, 2.45) is 0 Å². The summed E-state index contributed by atoms with van der Waals surface area (Å²) in [6, 6.07) is 11.4. The van der Waals surface area contributed by atoms with Gasteiger partial charge in [0.2, 0.25) is 0 Å². The summed E-state index contributed by atoms with van der Waals surface area (Å²) >= 11 is 0. The van der Waals surface area contributed by atoms with E-state index in [-0.39, 0.29) is 6.03 Å². The Morgan fingerprint density at radius 1 is 1.00 bits per heavy atom. The molecule has 2 fully saturated rings. The number of nitrogens with one attached hydrogen (secondary N) is 1. The first kappa shape index (κ1) is 21.1. The van der Waals surface area contributed by atoms with Crippen molar-refractivity contribution < 1.29 is 4.79 Å². The first-order valence-electron chi connectivity index (χ1n) is 10.8.